The van der Waals surface area contributed by atoms with Crippen LogP contribution in [-0.4, -0.2) is 17.8 Å². The van der Waals surface area contributed by atoms with E-state index in [1.165, 1.54) is 0 Å². The van der Waals surface area contributed by atoms with Crippen molar-refractivity contribution in [2.24, 2.45) is 10.4 Å². The Kier molecular flexibility index (Phi) is 3.28. The van der Waals surface area contributed by atoms with Crippen LogP contribution >= 0.6 is 15.9 Å². The molecule has 0 heterocycles. The minimum absolute atomic E-state index is 0.0763. The number of nitrogens with zero attached hydrogens (tertiary/aromatic N) is 1. The summed E-state index contributed by atoms with van der Waals surface area (Å²) in [7, 11) is 1.77. The molecule has 0 radical (unpaired) electrons. The van der Waals surface area contributed by atoms with Gasteiger partial charge in [0.1, 0.15) is 0 Å². The second-order valence-electron chi connectivity index (χ2n) is 3.97. The zero-order valence-corrected chi connectivity index (χ0v) is 9.86. The lowest BCUT2D eigenvalue weighted by molar-refractivity contribution is 0.452. The van der Waals surface area contributed by atoms with Crippen molar-refractivity contribution in [3.8, 4) is 0 Å². The molecule has 3 heteroatoms. The molecule has 1 unspecified atom stereocenters. The maximum Gasteiger partial charge on any atom is 0.173 e. The Hall–Kier alpha value is -0.180. The number of rotatable bonds is 1. The molecule has 74 valence electrons. The van der Waals surface area contributed by atoms with Gasteiger partial charge in [-0.25, -0.2) is 4.39 Å². The smallest absolute Gasteiger partial charge is 0.173 e. The molecule has 1 aliphatic rings. The van der Waals surface area contributed by atoms with Gasteiger partial charge >= 0.3 is 0 Å². The van der Waals surface area contributed by atoms with E-state index < -0.39 is 5.08 Å². The Bertz CT molecular complexity index is 254. The Balaban J connectivity index is 3.01. The Morgan fingerprint density at radius 2 is 2.23 bits per heavy atom. The maximum absolute atomic E-state index is 12.8. The van der Waals surface area contributed by atoms with Gasteiger partial charge in [-0.2, -0.15) is 0 Å². The van der Waals surface area contributed by atoms with Gasteiger partial charge in [0.2, 0.25) is 0 Å². The van der Waals surface area contributed by atoms with Crippen LogP contribution in [0.4, 0.5) is 4.39 Å². The zero-order chi connectivity index (χ0) is 10.1. The SMILES string of the molecule is CN=C1CCC(C)(C)/C1=C/C(F)Br. The molecule has 1 saturated carbocycles. The third-order valence-electron chi connectivity index (χ3n) is 2.59. The summed E-state index contributed by atoms with van der Waals surface area (Å²) in [5.74, 6) is 0. The minimum atomic E-state index is -1.06. The third kappa shape index (κ3) is 2.39. The van der Waals surface area contributed by atoms with Crippen molar-refractivity contribution in [3.05, 3.63) is 11.6 Å². The Morgan fingerprint density at radius 3 is 2.69 bits per heavy atom. The van der Waals surface area contributed by atoms with Crippen molar-refractivity contribution < 1.29 is 4.39 Å². The molecule has 1 rings (SSSR count). The molecule has 0 aromatic carbocycles. The summed E-state index contributed by atoms with van der Waals surface area (Å²) in [6.07, 6.45) is 3.65. The molecule has 0 aromatic rings. The van der Waals surface area contributed by atoms with Crippen molar-refractivity contribution in [2.45, 2.75) is 31.8 Å². The average Bonchev–Trinajstić information content (AvgIpc) is 2.27. The van der Waals surface area contributed by atoms with Crippen LogP contribution in [0.3, 0.4) is 0 Å². The standard InChI is InChI=1S/C10H15BrFN/c1-10(2)5-4-8(13-3)7(10)6-9(11)12/h6,9H,4-5H2,1-3H3/b7-6+,13-8?. The van der Waals surface area contributed by atoms with Crippen molar-refractivity contribution in [2.75, 3.05) is 7.05 Å². The second-order valence-corrected chi connectivity index (χ2v) is 4.84. The van der Waals surface area contributed by atoms with Gasteiger partial charge in [-0.15, -0.1) is 0 Å². The molecule has 1 aliphatic carbocycles. The van der Waals surface area contributed by atoms with Crippen LogP contribution in [0.15, 0.2) is 16.6 Å². The first-order chi connectivity index (χ1) is 5.97. The van der Waals surface area contributed by atoms with Crippen molar-refractivity contribution in [3.63, 3.8) is 0 Å². The first kappa shape index (κ1) is 10.9. The van der Waals surface area contributed by atoms with E-state index in [4.69, 9.17) is 0 Å². The summed E-state index contributed by atoms with van der Waals surface area (Å²) in [5, 5.41) is -1.06. The summed E-state index contributed by atoms with van der Waals surface area (Å²) in [4.78, 5) is 4.18. The van der Waals surface area contributed by atoms with Gasteiger partial charge in [-0.1, -0.05) is 13.8 Å². The molecule has 1 atom stereocenters. The monoisotopic (exact) mass is 247 g/mol. The topological polar surface area (TPSA) is 12.4 Å². The molecule has 0 spiro atoms. The van der Waals surface area contributed by atoms with Crippen LogP contribution in [0.2, 0.25) is 0 Å². The number of alkyl halides is 2. The van der Waals surface area contributed by atoms with E-state index in [0.717, 1.165) is 24.1 Å². The second kappa shape index (κ2) is 3.91. The molecule has 0 saturated heterocycles. The van der Waals surface area contributed by atoms with Gasteiger partial charge in [0, 0.05) is 12.8 Å². The highest BCUT2D eigenvalue weighted by Gasteiger charge is 2.33. The summed E-state index contributed by atoms with van der Waals surface area (Å²) in [6, 6.07) is 0. The molecule has 1 nitrogen and oxygen atoms in total. The molecular formula is C10H15BrFN. The fraction of sp³-hybridized carbons (Fsp3) is 0.700. The van der Waals surface area contributed by atoms with Crippen LogP contribution in [0.25, 0.3) is 0 Å². The highest BCUT2D eigenvalue weighted by atomic mass is 79.9. The van der Waals surface area contributed by atoms with Gasteiger partial charge in [0.15, 0.2) is 5.08 Å². The van der Waals surface area contributed by atoms with Crippen molar-refractivity contribution in [1.29, 1.82) is 0 Å². The zero-order valence-electron chi connectivity index (χ0n) is 8.27. The fourth-order valence-corrected chi connectivity index (χ4v) is 2.04. The predicted molar refractivity (Wildman–Crippen MR) is 58.3 cm³/mol. The van der Waals surface area contributed by atoms with E-state index in [1.807, 2.05) is 0 Å². The van der Waals surface area contributed by atoms with Gasteiger partial charge in [0.25, 0.3) is 0 Å². The largest absolute Gasteiger partial charge is 0.293 e. The van der Waals surface area contributed by atoms with E-state index in [0.29, 0.717) is 0 Å². The number of hydrogen-bond acceptors (Lipinski definition) is 1. The molecule has 0 amide bonds. The third-order valence-corrected chi connectivity index (χ3v) is 2.85. The van der Waals surface area contributed by atoms with Gasteiger partial charge in [-0.05, 0) is 45.8 Å². The van der Waals surface area contributed by atoms with Crippen LogP contribution in [0.1, 0.15) is 26.7 Å². The molecule has 0 bridgehead atoms. The lowest BCUT2D eigenvalue weighted by atomic mass is 9.86. The lowest BCUT2D eigenvalue weighted by Gasteiger charge is -2.19. The van der Waals surface area contributed by atoms with E-state index >= 15 is 0 Å². The fourth-order valence-electron chi connectivity index (χ4n) is 1.77. The highest BCUT2D eigenvalue weighted by molar-refractivity contribution is 9.09. The number of allylic oxidation sites excluding steroid dienone is 2. The average molecular weight is 248 g/mol. The maximum atomic E-state index is 12.8. The molecular weight excluding hydrogens is 233 g/mol. The van der Waals surface area contributed by atoms with Crippen LogP contribution < -0.4 is 0 Å². The van der Waals surface area contributed by atoms with E-state index in [1.54, 1.807) is 13.1 Å². The Labute approximate surface area is 87.3 Å². The van der Waals surface area contributed by atoms with Crippen LogP contribution in [-0.2, 0) is 0 Å². The molecule has 0 aromatic heterocycles. The highest BCUT2D eigenvalue weighted by Crippen LogP contribution is 2.40. The summed E-state index contributed by atoms with van der Waals surface area (Å²) >= 11 is 2.89. The van der Waals surface area contributed by atoms with E-state index in [2.05, 4.69) is 34.8 Å². The van der Waals surface area contributed by atoms with Crippen molar-refractivity contribution >= 4 is 21.6 Å². The summed E-state index contributed by atoms with van der Waals surface area (Å²) < 4.78 is 12.8. The normalized spacial score (nSPS) is 29.9. The van der Waals surface area contributed by atoms with E-state index in [9.17, 15) is 4.39 Å². The first-order valence-electron chi connectivity index (χ1n) is 4.44. The van der Waals surface area contributed by atoms with Gasteiger partial charge in [0.05, 0.1) is 0 Å². The van der Waals surface area contributed by atoms with Crippen LogP contribution in [0.5, 0.6) is 0 Å². The minimum Gasteiger partial charge on any atom is -0.293 e. The summed E-state index contributed by atoms with van der Waals surface area (Å²) in [6.45, 7) is 4.26. The first-order valence-corrected chi connectivity index (χ1v) is 5.35. The molecule has 0 aliphatic heterocycles. The quantitative estimate of drug-likeness (QED) is 0.630. The van der Waals surface area contributed by atoms with E-state index in [-0.39, 0.29) is 5.41 Å². The molecule has 13 heavy (non-hydrogen) atoms. The number of halogens is 2. The number of aliphatic imine (C=N–C) groups is 1. The molecule has 1 fully saturated rings. The van der Waals surface area contributed by atoms with Crippen LogP contribution in [0, 0.1) is 5.41 Å². The lowest BCUT2D eigenvalue weighted by Crippen LogP contribution is -2.11. The Morgan fingerprint density at radius 1 is 1.62 bits per heavy atom. The van der Waals surface area contributed by atoms with Gasteiger partial charge < -0.3 is 0 Å². The molecule has 0 N–H and O–H groups in total. The van der Waals surface area contributed by atoms with Gasteiger partial charge in [-0.3, -0.25) is 4.99 Å². The summed E-state index contributed by atoms with van der Waals surface area (Å²) in [5.41, 5.74) is 2.18. The van der Waals surface area contributed by atoms with Crippen molar-refractivity contribution in [1.82, 2.24) is 0 Å². The predicted octanol–water partition coefficient (Wildman–Crippen LogP) is 3.49. The number of hydrogen-bond donors (Lipinski definition) is 0.